The predicted molar refractivity (Wildman–Crippen MR) is 77.2 cm³/mol. The second-order valence-electron chi connectivity index (χ2n) is 5.18. The van der Waals surface area contributed by atoms with Gasteiger partial charge < -0.3 is 5.11 Å². The summed E-state index contributed by atoms with van der Waals surface area (Å²) in [7, 11) is 0. The second-order valence-corrected chi connectivity index (χ2v) is 5.18. The Balaban J connectivity index is 3.70. The molecule has 0 amide bonds. The fourth-order valence-electron chi connectivity index (χ4n) is 2.09. The fraction of sp³-hybridized carbons (Fsp3) is 0.875. The molecular formula is C16H32O. The summed E-state index contributed by atoms with van der Waals surface area (Å²) in [6, 6.07) is 0. The summed E-state index contributed by atoms with van der Waals surface area (Å²) in [5.41, 5.74) is 0. The van der Waals surface area contributed by atoms with Gasteiger partial charge in [0, 0.05) is 5.92 Å². The minimum atomic E-state index is -0.196. The van der Waals surface area contributed by atoms with E-state index < -0.39 is 0 Å². The molecule has 0 aliphatic carbocycles. The first-order chi connectivity index (χ1) is 8.22. The molecule has 0 aromatic rings. The van der Waals surface area contributed by atoms with E-state index in [0.29, 0.717) is 5.92 Å². The Bertz CT molecular complexity index is 172. The monoisotopic (exact) mass is 240 g/mol. The van der Waals surface area contributed by atoms with Crippen LogP contribution in [0.1, 0.15) is 78.6 Å². The second kappa shape index (κ2) is 12.2. The Morgan fingerprint density at radius 3 is 2.18 bits per heavy atom. The van der Waals surface area contributed by atoms with Gasteiger partial charge in [0.2, 0.25) is 0 Å². The van der Waals surface area contributed by atoms with Crippen LogP contribution in [0.25, 0.3) is 0 Å². The van der Waals surface area contributed by atoms with Gasteiger partial charge in [0.1, 0.15) is 0 Å². The van der Waals surface area contributed by atoms with Crippen molar-refractivity contribution in [3.05, 3.63) is 12.2 Å². The quantitative estimate of drug-likeness (QED) is 0.394. The number of aliphatic hydroxyl groups excluding tert-OH is 1. The number of unbranched alkanes of at least 4 members (excludes halogenated alkanes) is 6. The van der Waals surface area contributed by atoms with E-state index in [1.807, 2.05) is 6.92 Å². The van der Waals surface area contributed by atoms with E-state index in [9.17, 15) is 5.11 Å². The largest absolute Gasteiger partial charge is 0.393 e. The summed E-state index contributed by atoms with van der Waals surface area (Å²) in [5.74, 6) is 0.368. The molecule has 0 aromatic carbocycles. The summed E-state index contributed by atoms with van der Waals surface area (Å²) >= 11 is 0. The lowest BCUT2D eigenvalue weighted by Gasteiger charge is -2.15. The van der Waals surface area contributed by atoms with E-state index in [0.717, 1.165) is 6.42 Å². The lowest BCUT2D eigenvalue weighted by molar-refractivity contribution is 0.142. The van der Waals surface area contributed by atoms with Crippen molar-refractivity contribution < 1.29 is 5.11 Å². The van der Waals surface area contributed by atoms with Gasteiger partial charge in [-0.2, -0.15) is 0 Å². The summed E-state index contributed by atoms with van der Waals surface area (Å²) in [6.45, 7) is 6.38. The molecule has 0 saturated carbocycles. The summed E-state index contributed by atoms with van der Waals surface area (Å²) in [6.07, 6.45) is 15.7. The maximum Gasteiger partial charge on any atom is 0.0574 e. The average molecular weight is 240 g/mol. The topological polar surface area (TPSA) is 20.2 Å². The van der Waals surface area contributed by atoms with Gasteiger partial charge >= 0.3 is 0 Å². The lowest BCUT2D eigenvalue weighted by Crippen LogP contribution is -2.14. The van der Waals surface area contributed by atoms with Crippen LogP contribution in [0.4, 0.5) is 0 Å². The molecule has 17 heavy (non-hydrogen) atoms. The first kappa shape index (κ1) is 16.7. The highest BCUT2D eigenvalue weighted by molar-refractivity contribution is 4.90. The van der Waals surface area contributed by atoms with E-state index >= 15 is 0 Å². The molecule has 1 heteroatoms. The molecule has 0 bridgehead atoms. The van der Waals surface area contributed by atoms with Crippen molar-refractivity contribution >= 4 is 0 Å². The van der Waals surface area contributed by atoms with Crippen molar-refractivity contribution in [2.24, 2.45) is 5.92 Å². The first-order valence-electron chi connectivity index (χ1n) is 7.57. The molecule has 0 saturated heterocycles. The highest BCUT2D eigenvalue weighted by atomic mass is 16.3. The molecule has 2 unspecified atom stereocenters. The number of hydrogen-bond donors (Lipinski definition) is 1. The van der Waals surface area contributed by atoms with Crippen LogP contribution in [0.2, 0.25) is 0 Å². The first-order valence-corrected chi connectivity index (χ1v) is 7.57. The zero-order chi connectivity index (χ0) is 12.9. The van der Waals surface area contributed by atoms with Gasteiger partial charge in [0.05, 0.1) is 6.10 Å². The van der Waals surface area contributed by atoms with Crippen molar-refractivity contribution in [1.82, 2.24) is 0 Å². The van der Waals surface area contributed by atoms with Crippen LogP contribution >= 0.6 is 0 Å². The SMILES string of the molecule is CCCCCCC=CC(CCCCC)C(C)O. The van der Waals surface area contributed by atoms with Crippen LogP contribution in [0, 0.1) is 5.92 Å². The predicted octanol–water partition coefficient (Wildman–Crippen LogP) is 5.09. The van der Waals surface area contributed by atoms with E-state index in [-0.39, 0.29) is 6.10 Å². The van der Waals surface area contributed by atoms with Crippen LogP contribution in [-0.2, 0) is 0 Å². The third kappa shape index (κ3) is 10.6. The van der Waals surface area contributed by atoms with Crippen LogP contribution in [0.5, 0.6) is 0 Å². The molecular weight excluding hydrogens is 208 g/mol. The van der Waals surface area contributed by atoms with Crippen LogP contribution in [0.15, 0.2) is 12.2 Å². The fourth-order valence-corrected chi connectivity index (χ4v) is 2.09. The highest BCUT2D eigenvalue weighted by Gasteiger charge is 2.10. The third-order valence-electron chi connectivity index (χ3n) is 3.37. The van der Waals surface area contributed by atoms with Gasteiger partial charge in [-0.15, -0.1) is 0 Å². The maximum absolute atomic E-state index is 9.70. The number of aliphatic hydroxyl groups is 1. The van der Waals surface area contributed by atoms with E-state index in [1.54, 1.807) is 0 Å². The Hall–Kier alpha value is -0.300. The molecule has 0 fully saturated rings. The van der Waals surface area contributed by atoms with Crippen molar-refractivity contribution in [1.29, 1.82) is 0 Å². The Morgan fingerprint density at radius 2 is 1.59 bits per heavy atom. The smallest absolute Gasteiger partial charge is 0.0574 e. The lowest BCUT2D eigenvalue weighted by atomic mass is 9.95. The average Bonchev–Trinajstić information content (AvgIpc) is 2.31. The standard InChI is InChI=1S/C16H32O/c1-4-6-8-9-10-12-14-16(15(3)17)13-11-7-5-2/h12,14-17H,4-11,13H2,1-3H3. The van der Waals surface area contributed by atoms with Crippen molar-refractivity contribution in [2.75, 3.05) is 0 Å². The van der Waals surface area contributed by atoms with Crippen molar-refractivity contribution in [2.45, 2.75) is 84.7 Å². The molecule has 0 aliphatic heterocycles. The normalized spacial score (nSPS) is 15.3. The van der Waals surface area contributed by atoms with Gasteiger partial charge in [-0.3, -0.25) is 0 Å². The number of rotatable bonds is 11. The molecule has 1 N–H and O–H groups in total. The Labute approximate surface area is 108 Å². The maximum atomic E-state index is 9.70. The van der Waals surface area contributed by atoms with E-state index in [2.05, 4.69) is 26.0 Å². The van der Waals surface area contributed by atoms with Crippen molar-refractivity contribution in [3.8, 4) is 0 Å². The van der Waals surface area contributed by atoms with Gasteiger partial charge in [-0.25, -0.2) is 0 Å². The number of allylic oxidation sites excluding steroid dienone is 1. The van der Waals surface area contributed by atoms with Gasteiger partial charge in [-0.05, 0) is 26.2 Å². The van der Waals surface area contributed by atoms with Crippen LogP contribution in [0.3, 0.4) is 0 Å². The molecule has 0 heterocycles. The Kier molecular flexibility index (Phi) is 12.0. The third-order valence-corrected chi connectivity index (χ3v) is 3.37. The molecule has 0 aliphatic rings. The van der Waals surface area contributed by atoms with Crippen LogP contribution in [-0.4, -0.2) is 11.2 Å². The number of hydrogen-bond acceptors (Lipinski definition) is 1. The minimum Gasteiger partial charge on any atom is -0.393 e. The summed E-state index contributed by atoms with van der Waals surface area (Å²) in [5, 5.41) is 9.70. The molecule has 102 valence electrons. The molecule has 0 radical (unpaired) electrons. The van der Waals surface area contributed by atoms with E-state index in [1.165, 1.54) is 51.4 Å². The summed E-state index contributed by atoms with van der Waals surface area (Å²) in [4.78, 5) is 0. The summed E-state index contributed by atoms with van der Waals surface area (Å²) < 4.78 is 0. The molecule has 2 atom stereocenters. The van der Waals surface area contributed by atoms with Crippen LogP contribution < -0.4 is 0 Å². The zero-order valence-corrected chi connectivity index (χ0v) is 12.1. The minimum absolute atomic E-state index is 0.196. The van der Waals surface area contributed by atoms with Gasteiger partial charge in [0.15, 0.2) is 0 Å². The Morgan fingerprint density at radius 1 is 0.941 bits per heavy atom. The van der Waals surface area contributed by atoms with Crippen molar-refractivity contribution in [3.63, 3.8) is 0 Å². The molecule has 0 rings (SSSR count). The molecule has 0 aromatic heterocycles. The van der Waals surface area contributed by atoms with Gasteiger partial charge in [-0.1, -0.05) is 64.5 Å². The van der Waals surface area contributed by atoms with E-state index in [4.69, 9.17) is 0 Å². The molecule has 1 nitrogen and oxygen atoms in total. The van der Waals surface area contributed by atoms with Gasteiger partial charge in [0.25, 0.3) is 0 Å². The zero-order valence-electron chi connectivity index (χ0n) is 12.1. The molecule has 0 spiro atoms. The highest BCUT2D eigenvalue weighted by Crippen LogP contribution is 2.16.